The van der Waals surface area contributed by atoms with Crippen molar-refractivity contribution in [2.45, 2.75) is 6.42 Å². The fourth-order valence-corrected chi connectivity index (χ4v) is 2.23. The Morgan fingerprint density at radius 2 is 2.07 bits per heavy atom. The highest BCUT2D eigenvalue weighted by Gasteiger charge is 2.09. The number of ether oxygens (including phenoxy) is 1. The van der Waals surface area contributed by atoms with Crippen LogP contribution in [0.5, 0.6) is 0 Å². The summed E-state index contributed by atoms with van der Waals surface area (Å²) in [7, 11) is 1.75. The minimum Gasteiger partial charge on any atom is -0.384 e. The average Bonchev–Trinajstić information content (AvgIpc) is 2.20. The van der Waals surface area contributed by atoms with E-state index < -0.39 is 0 Å². The molecule has 14 heavy (non-hydrogen) atoms. The molecule has 0 amide bonds. The summed E-state index contributed by atoms with van der Waals surface area (Å²) in [6.07, 6.45) is 1.04. The lowest BCUT2D eigenvalue weighted by molar-refractivity contribution is 0.162. The second kappa shape index (κ2) is 6.59. The van der Waals surface area contributed by atoms with Gasteiger partial charge in [-0.1, -0.05) is 50.1 Å². The first-order valence-electron chi connectivity index (χ1n) is 4.56. The van der Waals surface area contributed by atoms with Crippen LogP contribution in [0.15, 0.2) is 28.7 Å². The Morgan fingerprint density at radius 1 is 1.36 bits per heavy atom. The van der Waals surface area contributed by atoms with Crippen LogP contribution in [0.25, 0.3) is 0 Å². The predicted molar refractivity (Wildman–Crippen MR) is 67.0 cm³/mol. The molecule has 0 heterocycles. The highest BCUT2D eigenvalue weighted by Crippen LogP contribution is 2.20. The van der Waals surface area contributed by atoms with Crippen LogP contribution in [0, 0.1) is 5.92 Å². The molecule has 0 saturated carbocycles. The molecule has 0 saturated heterocycles. The molecule has 1 rings (SSSR count). The van der Waals surface area contributed by atoms with E-state index in [0.29, 0.717) is 5.92 Å². The summed E-state index contributed by atoms with van der Waals surface area (Å²) in [5.41, 5.74) is 1.34. The number of hydrogen-bond donors (Lipinski definition) is 0. The van der Waals surface area contributed by atoms with Crippen molar-refractivity contribution in [3.05, 3.63) is 34.3 Å². The average molecular weight is 322 g/mol. The van der Waals surface area contributed by atoms with E-state index in [1.165, 1.54) is 10.0 Å². The third-order valence-corrected chi connectivity index (χ3v) is 3.78. The molecule has 0 N–H and O–H groups in total. The van der Waals surface area contributed by atoms with Crippen LogP contribution >= 0.6 is 31.9 Å². The van der Waals surface area contributed by atoms with E-state index >= 15 is 0 Å². The third kappa shape index (κ3) is 3.71. The summed E-state index contributed by atoms with van der Waals surface area (Å²) in [4.78, 5) is 0. The lowest BCUT2D eigenvalue weighted by Crippen LogP contribution is -2.13. The lowest BCUT2D eigenvalue weighted by Gasteiger charge is -2.13. The van der Waals surface area contributed by atoms with Gasteiger partial charge in [-0.25, -0.2) is 0 Å². The maximum Gasteiger partial charge on any atom is 0.0501 e. The van der Waals surface area contributed by atoms with Crippen molar-refractivity contribution in [1.82, 2.24) is 0 Å². The minimum absolute atomic E-state index is 0.540. The van der Waals surface area contributed by atoms with E-state index in [0.717, 1.165) is 18.4 Å². The van der Waals surface area contributed by atoms with E-state index in [2.05, 4.69) is 50.1 Å². The standard InChI is InChI=1S/C11H14Br2O/c1-14-8-9(7-12)6-10-4-2-3-5-11(10)13/h2-5,9H,6-8H2,1H3. The smallest absolute Gasteiger partial charge is 0.0501 e. The van der Waals surface area contributed by atoms with Gasteiger partial charge >= 0.3 is 0 Å². The maximum atomic E-state index is 5.16. The Labute approximate surface area is 102 Å². The van der Waals surface area contributed by atoms with E-state index in [1.54, 1.807) is 7.11 Å². The summed E-state index contributed by atoms with van der Waals surface area (Å²) in [6.45, 7) is 0.798. The molecule has 1 nitrogen and oxygen atoms in total. The number of methoxy groups -OCH3 is 1. The van der Waals surface area contributed by atoms with Crippen molar-refractivity contribution in [1.29, 1.82) is 0 Å². The molecule has 1 unspecified atom stereocenters. The Balaban J connectivity index is 2.62. The topological polar surface area (TPSA) is 9.23 Å². The van der Waals surface area contributed by atoms with E-state index in [1.807, 2.05) is 6.07 Å². The highest BCUT2D eigenvalue weighted by atomic mass is 79.9. The first kappa shape index (κ1) is 12.2. The minimum atomic E-state index is 0.540. The van der Waals surface area contributed by atoms with Gasteiger partial charge in [0.2, 0.25) is 0 Å². The molecule has 78 valence electrons. The zero-order chi connectivity index (χ0) is 10.4. The van der Waals surface area contributed by atoms with E-state index in [9.17, 15) is 0 Å². The number of hydrogen-bond acceptors (Lipinski definition) is 1. The van der Waals surface area contributed by atoms with Crippen LogP contribution in [0.1, 0.15) is 5.56 Å². The van der Waals surface area contributed by atoms with Crippen LogP contribution in [0.3, 0.4) is 0 Å². The van der Waals surface area contributed by atoms with Gasteiger partial charge in [-0.05, 0) is 24.0 Å². The summed E-state index contributed by atoms with van der Waals surface area (Å²) < 4.78 is 6.34. The quantitative estimate of drug-likeness (QED) is 0.752. The maximum absolute atomic E-state index is 5.16. The monoisotopic (exact) mass is 320 g/mol. The van der Waals surface area contributed by atoms with E-state index in [-0.39, 0.29) is 0 Å². The summed E-state index contributed by atoms with van der Waals surface area (Å²) in [6, 6.07) is 8.33. The molecule has 0 aromatic heterocycles. The van der Waals surface area contributed by atoms with Crippen molar-refractivity contribution >= 4 is 31.9 Å². The summed E-state index contributed by atoms with van der Waals surface area (Å²) in [5, 5.41) is 0.974. The largest absolute Gasteiger partial charge is 0.384 e. The summed E-state index contributed by atoms with van der Waals surface area (Å²) >= 11 is 7.05. The lowest BCUT2D eigenvalue weighted by atomic mass is 10.0. The van der Waals surface area contributed by atoms with Gasteiger partial charge in [-0.15, -0.1) is 0 Å². The second-order valence-corrected chi connectivity index (χ2v) is 4.77. The van der Waals surface area contributed by atoms with Crippen molar-refractivity contribution < 1.29 is 4.74 Å². The zero-order valence-electron chi connectivity index (χ0n) is 8.17. The van der Waals surface area contributed by atoms with Crippen LogP contribution in [0.4, 0.5) is 0 Å². The Morgan fingerprint density at radius 3 is 2.64 bits per heavy atom. The number of alkyl halides is 1. The van der Waals surface area contributed by atoms with Gasteiger partial charge < -0.3 is 4.74 Å². The second-order valence-electron chi connectivity index (χ2n) is 3.27. The van der Waals surface area contributed by atoms with Crippen molar-refractivity contribution in [2.75, 3.05) is 19.0 Å². The molecule has 3 heteroatoms. The molecule has 1 aromatic carbocycles. The molecule has 0 aliphatic heterocycles. The number of rotatable bonds is 5. The fourth-order valence-electron chi connectivity index (χ4n) is 1.37. The fraction of sp³-hybridized carbons (Fsp3) is 0.455. The molecule has 0 aliphatic carbocycles. The molecule has 0 bridgehead atoms. The first-order chi connectivity index (χ1) is 6.77. The molecular formula is C11H14Br2O. The number of halogens is 2. The molecule has 0 fully saturated rings. The van der Waals surface area contributed by atoms with Crippen LogP contribution in [0.2, 0.25) is 0 Å². The predicted octanol–water partition coefficient (Wildman–Crippen LogP) is 3.65. The van der Waals surface area contributed by atoms with Gasteiger partial charge in [-0.2, -0.15) is 0 Å². The normalized spacial score (nSPS) is 12.8. The molecule has 1 aromatic rings. The van der Waals surface area contributed by atoms with Gasteiger partial charge in [-0.3, -0.25) is 0 Å². The number of benzene rings is 1. The molecule has 0 spiro atoms. The van der Waals surface area contributed by atoms with Crippen molar-refractivity contribution in [2.24, 2.45) is 5.92 Å². The Kier molecular flexibility index (Phi) is 5.75. The Bertz CT molecular complexity index is 276. The molecule has 0 aliphatic rings. The molecule has 0 radical (unpaired) electrons. The molecule has 1 atom stereocenters. The zero-order valence-corrected chi connectivity index (χ0v) is 11.3. The van der Waals surface area contributed by atoms with Gasteiger partial charge in [0.1, 0.15) is 0 Å². The van der Waals surface area contributed by atoms with Crippen LogP contribution in [-0.4, -0.2) is 19.0 Å². The van der Waals surface area contributed by atoms with Gasteiger partial charge in [0, 0.05) is 16.9 Å². The van der Waals surface area contributed by atoms with Crippen molar-refractivity contribution in [3.63, 3.8) is 0 Å². The van der Waals surface area contributed by atoms with Crippen LogP contribution in [-0.2, 0) is 11.2 Å². The third-order valence-electron chi connectivity index (χ3n) is 2.09. The van der Waals surface area contributed by atoms with Gasteiger partial charge in [0.25, 0.3) is 0 Å². The highest BCUT2D eigenvalue weighted by molar-refractivity contribution is 9.10. The van der Waals surface area contributed by atoms with Gasteiger partial charge in [0.05, 0.1) is 6.61 Å². The van der Waals surface area contributed by atoms with Crippen molar-refractivity contribution in [3.8, 4) is 0 Å². The van der Waals surface area contributed by atoms with Crippen LogP contribution < -0.4 is 0 Å². The van der Waals surface area contributed by atoms with E-state index in [4.69, 9.17) is 4.74 Å². The first-order valence-corrected chi connectivity index (χ1v) is 6.47. The summed E-state index contributed by atoms with van der Waals surface area (Å²) in [5.74, 6) is 0.540. The van der Waals surface area contributed by atoms with Gasteiger partial charge in [0.15, 0.2) is 0 Å². The SMILES string of the molecule is COCC(CBr)Cc1ccccc1Br. The molecular weight excluding hydrogens is 308 g/mol. The Hall–Kier alpha value is 0.140.